The molecule has 2 aliphatic rings. The second-order valence-electron chi connectivity index (χ2n) is 7.18. The molecule has 2 aromatic rings. The molecule has 0 bridgehead atoms. The van der Waals surface area contributed by atoms with Gasteiger partial charge >= 0.3 is 0 Å². The molecule has 2 fully saturated rings. The lowest BCUT2D eigenvalue weighted by Crippen LogP contribution is -2.47. The summed E-state index contributed by atoms with van der Waals surface area (Å²) in [6.07, 6.45) is 4.50. The summed E-state index contributed by atoms with van der Waals surface area (Å²) in [6.45, 7) is 1.89. The number of carbonyl (C=O) groups is 1. The van der Waals surface area contributed by atoms with E-state index in [0.717, 1.165) is 54.9 Å². The Morgan fingerprint density at radius 1 is 1.29 bits per heavy atom. The third kappa shape index (κ3) is 3.77. The lowest BCUT2D eigenvalue weighted by molar-refractivity contribution is 0.0906. The summed E-state index contributed by atoms with van der Waals surface area (Å²) in [7, 11) is 1.65. The number of aromatic nitrogens is 1. The van der Waals surface area contributed by atoms with Gasteiger partial charge in [-0.25, -0.2) is 9.98 Å². The minimum atomic E-state index is -0.127. The van der Waals surface area contributed by atoms with E-state index >= 15 is 0 Å². The molecule has 0 atom stereocenters. The molecule has 4 rings (SSSR count). The Bertz CT molecular complexity index is 915. The first-order valence-electron chi connectivity index (χ1n) is 9.45. The highest BCUT2D eigenvalue weighted by molar-refractivity contribution is 7.78. The normalized spacial score (nSPS) is 20.4. The van der Waals surface area contributed by atoms with Gasteiger partial charge in [0, 0.05) is 30.9 Å². The zero-order chi connectivity index (χ0) is 19.5. The van der Waals surface area contributed by atoms with Crippen LogP contribution in [0.4, 0.5) is 5.69 Å². The van der Waals surface area contributed by atoms with E-state index in [4.69, 9.17) is 4.74 Å². The van der Waals surface area contributed by atoms with Crippen molar-refractivity contribution in [1.82, 2.24) is 10.3 Å². The van der Waals surface area contributed by atoms with E-state index in [1.54, 1.807) is 13.3 Å². The van der Waals surface area contributed by atoms with Crippen LogP contribution in [0, 0.1) is 0 Å². The average Bonchev–Trinajstić information content (AvgIpc) is 2.65. The first-order chi connectivity index (χ1) is 13.7. The number of carbonyl (C=O) groups excluding carboxylic acids is 1. The number of benzene rings is 1. The molecule has 1 aliphatic heterocycles. The maximum absolute atomic E-state index is 12.8. The number of hydrogen-bond donors (Lipinski definition) is 1. The fraction of sp³-hybridized carbons (Fsp3) is 0.381. The molecule has 28 heavy (non-hydrogen) atoms. The Kier molecular flexibility index (Phi) is 5.37. The van der Waals surface area contributed by atoms with Crippen LogP contribution in [0.25, 0.3) is 11.1 Å². The quantitative estimate of drug-likeness (QED) is 0.601. The molecule has 1 aromatic carbocycles. The van der Waals surface area contributed by atoms with Gasteiger partial charge in [0.25, 0.3) is 5.91 Å². The number of methoxy groups -OCH3 is 1. The number of thiocarbonyl (C=S) groups is 1. The number of nitrogens with zero attached hydrogens (tertiary/aromatic N) is 3. The maximum Gasteiger partial charge on any atom is 0.272 e. The summed E-state index contributed by atoms with van der Waals surface area (Å²) < 4.78 is 5.23. The van der Waals surface area contributed by atoms with E-state index in [0.29, 0.717) is 5.69 Å². The van der Waals surface area contributed by atoms with E-state index in [-0.39, 0.29) is 18.0 Å². The van der Waals surface area contributed by atoms with Crippen LogP contribution in [0.1, 0.15) is 29.8 Å². The minimum Gasteiger partial charge on any atom is -0.497 e. The molecule has 1 aromatic heterocycles. The predicted molar refractivity (Wildman–Crippen MR) is 112 cm³/mol. The first-order valence-corrected chi connectivity index (χ1v) is 9.86. The Labute approximate surface area is 169 Å². The molecular formula is C21H22N4O2S. The molecule has 1 aliphatic carbocycles. The van der Waals surface area contributed by atoms with Crippen molar-refractivity contribution in [3.63, 3.8) is 0 Å². The zero-order valence-corrected chi connectivity index (χ0v) is 16.5. The summed E-state index contributed by atoms with van der Waals surface area (Å²) in [6, 6.07) is 10.2. The van der Waals surface area contributed by atoms with E-state index in [1.165, 1.54) is 0 Å². The van der Waals surface area contributed by atoms with Crippen LogP contribution in [-0.2, 0) is 0 Å². The molecule has 0 spiro atoms. The molecule has 1 N–H and O–H groups in total. The smallest absolute Gasteiger partial charge is 0.272 e. The largest absolute Gasteiger partial charge is 0.497 e. The van der Waals surface area contributed by atoms with Crippen LogP contribution in [0.15, 0.2) is 41.5 Å². The first kappa shape index (κ1) is 18.6. The van der Waals surface area contributed by atoms with Crippen LogP contribution in [0.5, 0.6) is 5.75 Å². The Balaban J connectivity index is 1.55. The van der Waals surface area contributed by atoms with E-state index in [9.17, 15) is 4.79 Å². The summed E-state index contributed by atoms with van der Waals surface area (Å²) in [5.41, 5.74) is 3.41. The van der Waals surface area contributed by atoms with Gasteiger partial charge in [-0.3, -0.25) is 4.79 Å². The standard InChI is InChI=1S/C21H22N4O2S/c1-27-18-5-3-14(4-6-18)15-9-19(25-7-2-8-25)20(22-12-15)21(26)24-17-10-16(11-17)23-13-28/h3-6,9,12,16-17H,2,7-8,10-11H2,1H3,(H,24,26). The summed E-state index contributed by atoms with van der Waals surface area (Å²) in [5.74, 6) is 0.686. The van der Waals surface area contributed by atoms with Gasteiger partial charge in [0.05, 0.1) is 24.0 Å². The van der Waals surface area contributed by atoms with Crippen LogP contribution in [-0.4, -0.2) is 48.3 Å². The van der Waals surface area contributed by atoms with Crippen molar-refractivity contribution < 1.29 is 9.53 Å². The molecule has 2 heterocycles. The van der Waals surface area contributed by atoms with Crippen LogP contribution < -0.4 is 15.0 Å². The number of aliphatic imine (C=N–C) groups is 1. The molecule has 1 amide bonds. The highest BCUT2D eigenvalue weighted by atomic mass is 32.1. The lowest BCUT2D eigenvalue weighted by Gasteiger charge is -2.35. The molecule has 7 heteroatoms. The van der Waals surface area contributed by atoms with Crippen molar-refractivity contribution in [2.75, 3.05) is 25.1 Å². The van der Waals surface area contributed by atoms with Gasteiger partial charge in [0.1, 0.15) is 5.75 Å². The molecule has 0 radical (unpaired) electrons. The van der Waals surface area contributed by atoms with Crippen molar-refractivity contribution in [1.29, 1.82) is 0 Å². The second kappa shape index (κ2) is 8.09. The number of nitrogens with one attached hydrogen (secondary N) is 1. The number of anilines is 1. The third-order valence-electron chi connectivity index (χ3n) is 5.39. The van der Waals surface area contributed by atoms with Gasteiger partial charge in [-0.05, 0) is 55.2 Å². The molecular weight excluding hydrogens is 372 g/mol. The topological polar surface area (TPSA) is 66.8 Å². The van der Waals surface area contributed by atoms with Crippen molar-refractivity contribution in [3.8, 4) is 16.9 Å². The summed E-state index contributed by atoms with van der Waals surface area (Å²) in [4.78, 5) is 23.6. The van der Waals surface area contributed by atoms with Gasteiger partial charge in [-0.2, -0.15) is 0 Å². The molecule has 144 valence electrons. The maximum atomic E-state index is 12.8. The van der Waals surface area contributed by atoms with Gasteiger partial charge in [-0.15, -0.1) is 0 Å². The second-order valence-corrected chi connectivity index (χ2v) is 7.36. The monoisotopic (exact) mass is 394 g/mol. The number of rotatable bonds is 6. The predicted octanol–water partition coefficient (Wildman–Crippen LogP) is 3.33. The highest BCUT2D eigenvalue weighted by Gasteiger charge is 2.31. The lowest BCUT2D eigenvalue weighted by atomic mass is 9.87. The zero-order valence-electron chi connectivity index (χ0n) is 15.7. The van der Waals surface area contributed by atoms with E-state index in [1.807, 2.05) is 24.3 Å². The number of pyridine rings is 1. The summed E-state index contributed by atoms with van der Waals surface area (Å²) >= 11 is 4.64. The highest BCUT2D eigenvalue weighted by Crippen LogP contribution is 2.31. The molecule has 1 saturated carbocycles. The Morgan fingerprint density at radius 2 is 2.04 bits per heavy atom. The van der Waals surface area contributed by atoms with Crippen molar-refractivity contribution >= 4 is 29.0 Å². The fourth-order valence-electron chi connectivity index (χ4n) is 3.51. The van der Waals surface area contributed by atoms with Crippen molar-refractivity contribution in [2.45, 2.75) is 31.3 Å². The molecule has 1 saturated heterocycles. The van der Waals surface area contributed by atoms with E-state index < -0.39 is 0 Å². The minimum absolute atomic E-state index is 0.122. The van der Waals surface area contributed by atoms with E-state index in [2.05, 4.69) is 43.6 Å². The van der Waals surface area contributed by atoms with Gasteiger partial charge < -0.3 is 15.0 Å². The Hall–Kier alpha value is -2.76. The van der Waals surface area contributed by atoms with Crippen molar-refractivity contribution in [3.05, 3.63) is 42.2 Å². The number of ether oxygens (including phenoxy) is 1. The van der Waals surface area contributed by atoms with Gasteiger partial charge in [0.2, 0.25) is 0 Å². The number of amides is 1. The number of isothiocyanates is 1. The summed E-state index contributed by atoms with van der Waals surface area (Å²) in [5, 5.41) is 5.48. The SMILES string of the molecule is COc1ccc(-c2cnc(C(=O)NC3CC(N=C=S)C3)c(N3CCC3)c2)cc1. The van der Waals surface area contributed by atoms with Gasteiger partial charge in [-0.1, -0.05) is 12.1 Å². The van der Waals surface area contributed by atoms with Crippen molar-refractivity contribution in [2.24, 2.45) is 4.99 Å². The molecule has 6 nitrogen and oxygen atoms in total. The van der Waals surface area contributed by atoms with Gasteiger partial charge in [0.15, 0.2) is 5.69 Å². The fourth-order valence-corrected chi connectivity index (χ4v) is 3.66. The molecule has 0 unspecified atom stereocenters. The Morgan fingerprint density at radius 3 is 2.64 bits per heavy atom. The van der Waals surface area contributed by atoms with Crippen LogP contribution >= 0.6 is 12.2 Å². The van der Waals surface area contributed by atoms with Crippen LogP contribution in [0.2, 0.25) is 0 Å². The average molecular weight is 395 g/mol. The number of hydrogen-bond acceptors (Lipinski definition) is 6. The van der Waals surface area contributed by atoms with Crippen LogP contribution in [0.3, 0.4) is 0 Å². The third-order valence-corrected chi connectivity index (χ3v) is 5.49.